The second-order valence-electron chi connectivity index (χ2n) is 6.88. The number of rotatable bonds is 3. The number of piperidine rings is 1. The van der Waals surface area contributed by atoms with Crippen LogP contribution >= 0.6 is 0 Å². The number of carboxylic acids is 1. The standard InChI is InChI=1S/C21H21NO5/c23-20(15-6-7-18-19(12-15)27-10-9-26-18)22-8-2-5-17(13-22)14-3-1-4-16(11-14)21(24)25/h1,3-4,6-7,11-12,17H,2,5,8-10,13H2,(H,24,25)/t17-/m1/s1. The Morgan fingerprint density at radius 1 is 1.00 bits per heavy atom. The number of carbonyl (C=O) groups is 2. The average Bonchev–Trinajstić information content (AvgIpc) is 2.73. The lowest BCUT2D eigenvalue weighted by atomic mass is 9.89. The highest BCUT2D eigenvalue weighted by Crippen LogP contribution is 2.32. The van der Waals surface area contributed by atoms with Gasteiger partial charge in [-0.2, -0.15) is 0 Å². The molecule has 2 aliphatic heterocycles. The van der Waals surface area contributed by atoms with Crippen LogP contribution in [0.1, 0.15) is 45.0 Å². The van der Waals surface area contributed by atoms with Gasteiger partial charge in [-0.15, -0.1) is 0 Å². The number of ether oxygens (including phenoxy) is 2. The number of carboxylic acid groups (broad SMARTS) is 1. The molecule has 0 bridgehead atoms. The largest absolute Gasteiger partial charge is 0.486 e. The first-order valence-corrected chi connectivity index (χ1v) is 9.14. The lowest BCUT2D eigenvalue weighted by Gasteiger charge is -2.33. The molecule has 1 atom stereocenters. The summed E-state index contributed by atoms with van der Waals surface area (Å²) < 4.78 is 11.1. The van der Waals surface area contributed by atoms with Crippen LogP contribution in [0.3, 0.4) is 0 Å². The van der Waals surface area contributed by atoms with Crippen LogP contribution in [0.2, 0.25) is 0 Å². The van der Waals surface area contributed by atoms with Crippen LogP contribution in [-0.4, -0.2) is 48.2 Å². The fourth-order valence-electron chi connectivity index (χ4n) is 3.72. The molecule has 0 saturated carbocycles. The Bertz CT molecular complexity index is 879. The lowest BCUT2D eigenvalue weighted by molar-refractivity contribution is 0.0687. The van der Waals surface area contributed by atoms with E-state index >= 15 is 0 Å². The van der Waals surface area contributed by atoms with Crippen molar-refractivity contribution in [3.63, 3.8) is 0 Å². The van der Waals surface area contributed by atoms with Gasteiger partial charge in [0.05, 0.1) is 5.56 Å². The highest BCUT2D eigenvalue weighted by Gasteiger charge is 2.27. The first-order chi connectivity index (χ1) is 13.1. The van der Waals surface area contributed by atoms with Gasteiger partial charge < -0.3 is 19.5 Å². The Morgan fingerprint density at radius 3 is 2.63 bits per heavy atom. The van der Waals surface area contributed by atoms with Crippen molar-refractivity contribution in [2.75, 3.05) is 26.3 Å². The molecule has 4 rings (SSSR count). The molecular weight excluding hydrogens is 346 g/mol. The van der Waals surface area contributed by atoms with Crippen molar-refractivity contribution in [1.29, 1.82) is 0 Å². The van der Waals surface area contributed by atoms with Crippen LogP contribution in [0.4, 0.5) is 0 Å². The molecule has 1 fully saturated rings. The quantitative estimate of drug-likeness (QED) is 0.902. The van der Waals surface area contributed by atoms with E-state index in [1.807, 2.05) is 11.0 Å². The van der Waals surface area contributed by atoms with Crippen LogP contribution in [0.25, 0.3) is 0 Å². The van der Waals surface area contributed by atoms with E-state index in [2.05, 4.69) is 0 Å². The predicted molar refractivity (Wildman–Crippen MR) is 98.7 cm³/mol. The second kappa shape index (κ2) is 7.31. The third kappa shape index (κ3) is 3.60. The Morgan fingerprint density at radius 2 is 1.81 bits per heavy atom. The molecule has 2 aromatic carbocycles. The molecule has 6 heteroatoms. The molecule has 2 heterocycles. The molecular formula is C21H21NO5. The minimum absolute atomic E-state index is 0.0361. The number of hydrogen-bond donors (Lipinski definition) is 1. The molecule has 0 aromatic heterocycles. The summed E-state index contributed by atoms with van der Waals surface area (Å²) in [6.45, 7) is 2.28. The van der Waals surface area contributed by atoms with Gasteiger partial charge >= 0.3 is 5.97 Å². The van der Waals surface area contributed by atoms with Crippen LogP contribution in [0.5, 0.6) is 11.5 Å². The van der Waals surface area contributed by atoms with Crippen molar-refractivity contribution in [1.82, 2.24) is 4.90 Å². The monoisotopic (exact) mass is 367 g/mol. The van der Waals surface area contributed by atoms with Gasteiger partial charge in [-0.25, -0.2) is 4.79 Å². The second-order valence-corrected chi connectivity index (χ2v) is 6.88. The Kier molecular flexibility index (Phi) is 4.71. The maximum Gasteiger partial charge on any atom is 0.335 e. The zero-order chi connectivity index (χ0) is 18.8. The molecule has 0 unspecified atom stereocenters. The summed E-state index contributed by atoms with van der Waals surface area (Å²) in [6, 6.07) is 12.3. The number of nitrogens with zero attached hydrogens (tertiary/aromatic N) is 1. The molecule has 2 aliphatic rings. The van der Waals surface area contributed by atoms with Crippen LogP contribution < -0.4 is 9.47 Å². The van der Waals surface area contributed by atoms with Crippen molar-refractivity contribution in [2.24, 2.45) is 0 Å². The molecule has 0 aliphatic carbocycles. The molecule has 0 spiro atoms. The van der Waals surface area contributed by atoms with E-state index in [0.29, 0.717) is 43.4 Å². The third-order valence-corrected chi connectivity index (χ3v) is 5.10. The predicted octanol–water partition coefficient (Wildman–Crippen LogP) is 3.18. The minimum atomic E-state index is -0.933. The molecule has 1 N–H and O–H groups in total. The zero-order valence-electron chi connectivity index (χ0n) is 14.9. The summed E-state index contributed by atoms with van der Waals surface area (Å²) in [5, 5.41) is 9.21. The van der Waals surface area contributed by atoms with E-state index < -0.39 is 5.97 Å². The van der Waals surface area contributed by atoms with E-state index in [1.54, 1.807) is 36.4 Å². The Balaban J connectivity index is 1.52. The number of benzene rings is 2. The number of fused-ring (bicyclic) bond motifs is 1. The topological polar surface area (TPSA) is 76.1 Å². The first kappa shape index (κ1) is 17.4. The van der Waals surface area contributed by atoms with Crippen LogP contribution in [0, 0.1) is 0 Å². The van der Waals surface area contributed by atoms with Crippen molar-refractivity contribution in [3.8, 4) is 11.5 Å². The maximum atomic E-state index is 13.0. The van der Waals surface area contributed by atoms with Crippen molar-refractivity contribution in [3.05, 3.63) is 59.2 Å². The Hall–Kier alpha value is -3.02. The fourth-order valence-corrected chi connectivity index (χ4v) is 3.72. The summed E-state index contributed by atoms with van der Waals surface area (Å²) in [6.07, 6.45) is 1.83. The number of amides is 1. The third-order valence-electron chi connectivity index (χ3n) is 5.10. The lowest BCUT2D eigenvalue weighted by Crippen LogP contribution is -2.39. The van der Waals surface area contributed by atoms with E-state index in [-0.39, 0.29) is 17.4 Å². The van der Waals surface area contributed by atoms with Crippen molar-refractivity contribution < 1.29 is 24.2 Å². The highest BCUT2D eigenvalue weighted by atomic mass is 16.6. The average molecular weight is 367 g/mol. The molecule has 1 saturated heterocycles. The summed E-state index contributed by atoms with van der Waals surface area (Å²) in [7, 11) is 0. The number of carbonyl (C=O) groups excluding carboxylic acids is 1. The Labute approximate surface area is 157 Å². The summed E-state index contributed by atoms with van der Waals surface area (Å²) in [5.41, 5.74) is 1.83. The maximum absolute atomic E-state index is 13.0. The summed E-state index contributed by atoms with van der Waals surface area (Å²) >= 11 is 0. The fraction of sp³-hybridized carbons (Fsp3) is 0.333. The van der Waals surface area contributed by atoms with Crippen molar-refractivity contribution >= 4 is 11.9 Å². The van der Waals surface area contributed by atoms with E-state index in [1.165, 1.54) is 0 Å². The molecule has 1 amide bonds. The summed E-state index contributed by atoms with van der Waals surface area (Å²) in [4.78, 5) is 26.0. The molecule has 27 heavy (non-hydrogen) atoms. The highest BCUT2D eigenvalue weighted by molar-refractivity contribution is 5.95. The van der Waals surface area contributed by atoms with Crippen LogP contribution in [0.15, 0.2) is 42.5 Å². The number of likely N-dealkylation sites (tertiary alicyclic amines) is 1. The SMILES string of the molecule is O=C(O)c1cccc([C@@H]2CCCN(C(=O)c3ccc4c(c3)OCCO4)C2)c1. The van der Waals surface area contributed by atoms with Gasteiger partial charge in [-0.05, 0) is 48.7 Å². The number of aromatic carboxylic acids is 1. The van der Waals surface area contributed by atoms with Crippen LogP contribution in [-0.2, 0) is 0 Å². The minimum Gasteiger partial charge on any atom is -0.486 e. The van der Waals surface area contributed by atoms with Gasteiger partial charge in [0.1, 0.15) is 13.2 Å². The van der Waals surface area contributed by atoms with E-state index in [4.69, 9.17) is 9.47 Å². The molecule has 0 radical (unpaired) electrons. The van der Waals surface area contributed by atoms with Gasteiger partial charge in [0.2, 0.25) is 0 Å². The van der Waals surface area contributed by atoms with Gasteiger partial charge in [-0.1, -0.05) is 12.1 Å². The number of hydrogen-bond acceptors (Lipinski definition) is 4. The van der Waals surface area contributed by atoms with E-state index in [0.717, 1.165) is 18.4 Å². The van der Waals surface area contributed by atoms with Gasteiger partial charge in [-0.3, -0.25) is 4.79 Å². The molecule has 6 nitrogen and oxygen atoms in total. The molecule has 140 valence electrons. The van der Waals surface area contributed by atoms with E-state index in [9.17, 15) is 14.7 Å². The van der Waals surface area contributed by atoms with Gasteiger partial charge in [0.25, 0.3) is 5.91 Å². The smallest absolute Gasteiger partial charge is 0.335 e. The first-order valence-electron chi connectivity index (χ1n) is 9.14. The zero-order valence-corrected chi connectivity index (χ0v) is 14.9. The van der Waals surface area contributed by atoms with Crippen molar-refractivity contribution in [2.45, 2.75) is 18.8 Å². The summed E-state index contributed by atoms with van der Waals surface area (Å²) in [5.74, 6) is 0.441. The normalized spacial score (nSPS) is 18.8. The molecule has 2 aromatic rings. The van der Waals surface area contributed by atoms with Gasteiger partial charge in [0, 0.05) is 24.6 Å². The van der Waals surface area contributed by atoms with Gasteiger partial charge in [0.15, 0.2) is 11.5 Å².